The zero-order chi connectivity index (χ0) is 14.7. The van der Waals surface area contributed by atoms with Crippen LogP contribution in [0.25, 0.3) is 0 Å². The first-order chi connectivity index (χ1) is 9.54. The molecule has 7 heteroatoms. The maximum atomic E-state index is 12.1. The van der Waals surface area contributed by atoms with E-state index in [2.05, 4.69) is 0 Å². The number of hydrogen-bond donors (Lipinski definition) is 1. The molecule has 1 heterocycles. The fraction of sp³-hybridized carbons (Fsp3) is 0.308. The minimum Gasteiger partial charge on any atom is -0.478 e. The van der Waals surface area contributed by atoms with Gasteiger partial charge in [0.2, 0.25) is 0 Å². The standard InChI is InChI=1S/C13H14N2O5/c1-20-6-5-14-11(16)8-15(13(14)19)10-4-2-3-9(7-10)12(17)18/h2-4,7H,5-6,8H2,1H3,(H,17,18). The molecule has 1 aliphatic rings. The van der Waals surface area contributed by atoms with Crippen molar-refractivity contribution in [2.75, 3.05) is 31.7 Å². The Bertz CT molecular complexity index is 557. The predicted octanol–water partition coefficient (Wildman–Crippen LogP) is 0.800. The van der Waals surface area contributed by atoms with Crippen molar-refractivity contribution < 1.29 is 24.2 Å². The van der Waals surface area contributed by atoms with Crippen LogP contribution in [0.4, 0.5) is 10.5 Å². The Kier molecular flexibility index (Phi) is 3.99. The van der Waals surface area contributed by atoms with Gasteiger partial charge in [-0.3, -0.25) is 14.6 Å². The number of carbonyl (C=O) groups excluding carboxylic acids is 2. The van der Waals surface area contributed by atoms with Crippen LogP contribution < -0.4 is 4.90 Å². The summed E-state index contributed by atoms with van der Waals surface area (Å²) in [5.41, 5.74) is 0.459. The second kappa shape index (κ2) is 5.70. The van der Waals surface area contributed by atoms with Crippen LogP contribution in [-0.4, -0.2) is 54.7 Å². The van der Waals surface area contributed by atoms with Gasteiger partial charge in [-0.1, -0.05) is 6.07 Å². The average Bonchev–Trinajstić information content (AvgIpc) is 2.72. The van der Waals surface area contributed by atoms with Gasteiger partial charge in [-0.05, 0) is 18.2 Å². The Hall–Kier alpha value is -2.41. The molecular weight excluding hydrogens is 264 g/mol. The Morgan fingerprint density at radius 1 is 1.40 bits per heavy atom. The summed E-state index contributed by atoms with van der Waals surface area (Å²) in [7, 11) is 1.49. The summed E-state index contributed by atoms with van der Waals surface area (Å²) in [5, 5.41) is 8.94. The molecule has 1 aromatic carbocycles. The van der Waals surface area contributed by atoms with Crippen LogP contribution in [-0.2, 0) is 9.53 Å². The van der Waals surface area contributed by atoms with Crippen LogP contribution in [0.2, 0.25) is 0 Å². The Morgan fingerprint density at radius 2 is 2.15 bits per heavy atom. The number of methoxy groups -OCH3 is 1. The Balaban J connectivity index is 2.22. The molecule has 3 amide bonds. The number of nitrogens with zero attached hydrogens (tertiary/aromatic N) is 2. The summed E-state index contributed by atoms with van der Waals surface area (Å²) in [6, 6.07) is 5.46. The van der Waals surface area contributed by atoms with Gasteiger partial charge < -0.3 is 9.84 Å². The maximum Gasteiger partial charge on any atom is 0.335 e. The monoisotopic (exact) mass is 278 g/mol. The van der Waals surface area contributed by atoms with Gasteiger partial charge in [-0.25, -0.2) is 9.59 Å². The van der Waals surface area contributed by atoms with E-state index in [9.17, 15) is 14.4 Å². The maximum absolute atomic E-state index is 12.1. The first-order valence-electron chi connectivity index (χ1n) is 5.98. The minimum absolute atomic E-state index is 0.0677. The highest BCUT2D eigenvalue weighted by Gasteiger charge is 2.36. The fourth-order valence-electron chi connectivity index (χ4n) is 1.95. The number of benzene rings is 1. The molecule has 1 N–H and O–H groups in total. The number of anilines is 1. The second-order valence-electron chi connectivity index (χ2n) is 4.26. The predicted molar refractivity (Wildman–Crippen MR) is 69.7 cm³/mol. The number of urea groups is 1. The van der Waals surface area contributed by atoms with Gasteiger partial charge in [0.15, 0.2) is 0 Å². The van der Waals surface area contributed by atoms with Crippen LogP contribution in [0.3, 0.4) is 0 Å². The molecule has 0 bridgehead atoms. The van der Waals surface area contributed by atoms with Crippen molar-refractivity contribution in [3.63, 3.8) is 0 Å². The van der Waals surface area contributed by atoms with E-state index in [-0.39, 0.29) is 31.2 Å². The number of hydrogen-bond acceptors (Lipinski definition) is 4. The summed E-state index contributed by atoms with van der Waals surface area (Å²) >= 11 is 0. The first kappa shape index (κ1) is 14.0. The molecule has 106 valence electrons. The first-order valence-corrected chi connectivity index (χ1v) is 5.98. The number of carboxylic acid groups (broad SMARTS) is 1. The zero-order valence-electron chi connectivity index (χ0n) is 10.9. The average molecular weight is 278 g/mol. The van der Waals surface area contributed by atoms with Gasteiger partial charge in [0.05, 0.1) is 18.7 Å². The van der Waals surface area contributed by atoms with Crippen LogP contribution >= 0.6 is 0 Å². The Morgan fingerprint density at radius 3 is 2.80 bits per heavy atom. The number of rotatable bonds is 5. The van der Waals surface area contributed by atoms with Gasteiger partial charge in [0, 0.05) is 12.8 Å². The largest absolute Gasteiger partial charge is 0.478 e. The summed E-state index contributed by atoms with van der Waals surface area (Å²) < 4.78 is 4.85. The summed E-state index contributed by atoms with van der Waals surface area (Å²) in [6.45, 7) is 0.357. The van der Waals surface area contributed by atoms with E-state index in [4.69, 9.17) is 9.84 Å². The third-order valence-electron chi connectivity index (χ3n) is 2.98. The van der Waals surface area contributed by atoms with E-state index in [0.717, 1.165) is 4.90 Å². The van der Waals surface area contributed by atoms with Crippen molar-refractivity contribution in [2.45, 2.75) is 0 Å². The molecule has 1 aromatic rings. The lowest BCUT2D eigenvalue weighted by atomic mass is 10.2. The quantitative estimate of drug-likeness (QED) is 0.805. The number of imide groups is 1. The molecule has 0 spiro atoms. The van der Waals surface area contributed by atoms with Crippen molar-refractivity contribution in [3.8, 4) is 0 Å². The van der Waals surface area contributed by atoms with Gasteiger partial charge in [0.25, 0.3) is 5.91 Å². The van der Waals surface area contributed by atoms with Crippen molar-refractivity contribution in [1.82, 2.24) is 4.90 Å². The van der Waals surface area contributed by atoms with E-state index in [1.54, 1.807) is 6.07 Å². The molecule has 1 saturated heterocycles. The van der Waals surface area contributed by atoms with E-state index in [0.29, 0.717) is 5.69 Å². The third kappa shape index (κ3) is 2.62. The lowest BCUT2D eigenvalue weighted by Gasteiger charge is -2.17. The van der Waals surface area contributed by atoms with Crippen molar-refractivity contribution >= 4 is 23.6 Å². The van der Waals surface area contributed by atoms with Crippen molar-refractivity contribution in [3.05, 3.63) is 29.8 Å². The van der Waals surface area contributed by atoms with Crippen LogP contribution in [0.5, 0.6) is 0 Å². The van der Waals surface area contributed by atoms with E-state index >= 15 is 0 Å². The van der Waals surface area contributed by atoms with Crippen LogP contribution in [0.1, 0.15) is 10.4 Å². The number of carboxylic acids is 1. The minimum atomic E-state index is -1.08. The SMILES string of the molecule is COCCN1C(=O)CN(c2cccc(C(=O)O)c2)C1=O. The lowest BCUT2D eigenvalue weighted by Crippen LogP contribution is -2.35. The molecule has 1 aliphatic heterocycles. The summed E-state index contributed by atoms with van der Waals surface area (Å²) in [4.78, 5) is 37.2. The molecule has 1 fully saturated rings. The number of aromatic carboxylic acids is 1. The fourth-order valence-corrected chi connectivity index (χ4v) is 1.95. The number of amides is 3. The van der Waals surface area contributed by atoms with Crippen LogP contribution in [0.15, 0.2) is 24.3 Å². The number of ether oxygens (including phenoxy) is 1. The van der Waals surface area contributed by atoms with Gasteiger partial charge >= 0.3 is 12.0 Å². The lowest BCUT2D eigenvalue weighted by molar-refractivity contribution is -0.125. The topological polar surface area (TPSA) is 87.2 Å². The van der Waals surface area contributed by atoms with Gasteiger partial charge in [-0.2, -0.15) is 0 Å². The highest BCUT2D eigenvalue weighted by atomic mass is 16.5. The van der Waals surface area contributed by atoms with Crippen molar-refractivity contribution in [2.24, 2.45) is 0 Å². The van der Waals surface area contributed by atoms with Gasteiger partial charge in [-0.15, -0.1) is 0 Å². The zero-order valence-corrected chi connectivity index (χ0v) is 10.9. The van der Waals surface area contributed by atoms with Gasteiger partial charge in [0.1, 0.15) is 6.54 Å². The molecule has 2 rings (SSSR count). The molecule has 0 unspecified atom stereocenters. The van der Waals surface area contributed by atoms with E-state index < -0.39 is 12.0 Å². The van der Waals surface area contributed by atoms with E-state index in [1.165, 1.54) is 30.2 Å². The molecular formula is C13H14N2O5. The summed E-state index contributed by atoms with van der Waals surface area (Å²) in [5.74, 6) is -1.41. The highest BCUT2D eigenvalue weighted by molar-refractivity contribution is 6.12. The highest BCUT2D eigenvalue weighted by Crippen LogP contribution is 2.22. The molecule has 7 nitrogen and oxygen atoms in total. The number of carbonyl (C=O) groups is 3. The Labute approximate surface area is 115 Å². The molecule has 0 aromatic heterocycles. The van der Waals surface area contributed by atoms with Crippen LogP contribution in [0, 0.1) is 0 Å². The third-order valence-corrected chi connectivity index (χ3v) is 2.98. The molecule has 0 saturated carbocycles. The normalized spacial score (nSPS) is 15.1. The van der Waals surface area contributed by atoms with Crippen molar-refractivity contribution in [1.29, 1.82) is 0 Å². The summed E-state index contributed by atoms with van der Waals surface area (Å²) in [6.07, 6.45) is 0. The molecule has 20 heavy (non-hydrogen) atoms. The van der Waals surface area contributed by atoms with E-state index in [1.807, 2.05) is 0 Å². The molecule has 0 radical (unpaired) electrons. The molecule has 0 aliphatic carbocycles. The smallest absolute Gasteiger partial charge is 0.335 e. The second-order valence-corrected chi connectivity index (χ2v) is 4.26. The molecule has 0 atom stereocenters.